The largest absolute Gasteiger partial charge is 0.460 e. The first kappa shape index (κ1) is 23.2. The van der Waals surface area contributed by atoms with Crippen LogP contribution >= 0.6 is 0 Å². The lowest BCUT2D eigenvalue weighted by Crippen LogP contribution is -2.55. The minimum absolute atomic E-state index is 0.0826. The summed E-state index contributed by atoms with van der Waals surface area (Å²) in [5.41, 5.74) is 0.838. The van der Waals surface area contributed by atoms with E-state index in [0.717, 1.165) is 38.7 Å². The van der Waals surface area contributed by atoms with Crippen LogP contribution in [0.4, 0.5) is 0 Å². The maximum Gasteiger partial charge on any atom is 0.306 e. The number of nitrogens with zero attached hydrogens (tertiary/aromatic N) is 1. The molecule has 1 aliphatic carbocycles. The maximum atomic E-state index is 12.7. The summed E-state index contributed by atoms with van der Waals surface area (Å²) in [6.45, 7) is 8.34. The van der Waals surface area contributed by atoms with Crippen molar-refractivity contribution in [2.75, 3.05) is 27.3 Å². The van der Waals surface area contributed by atoms with Gasteiger partial charge in [-0.1, -0.05) is 11.6 Å². The third-order valence-corrected chi connectivity index (χ3v) is 8.11. The van der Waals surface area contributed by atoms with Crippen LogP contribution in [0.25, 0.3) is 0 Å². The SMILES string of the molecule is CO[C@@H]1[C@H](OC(=O)CCCC2CCCN2C)CC[C@]2(CO2)[C@H]1[C@]1(C)O[C@@H]1CC=C(C)C. The van der Waals surface area contributed by atoms with E-state index in [4.69, 9.17) is 18.9 Å². The number of methoxy groups -OCH3 is 1. The predicted molar refractivity (Wildman–Crippen MR) is 119 cm³/mol. The van der Waals surface area contributed by atoms with Crippen molar-refractivity contribution in [3.63, 3.8) is 0 Å². The first-order valence-electron chi connectivity index (χ1n) is 12.2. The second-order valence-electron chi connectivity index (χ2n) is 10.6. The van der Waals surface area contributed by atoms with Gasteiger partial charge in [0.1, 0.15) is 23.4 Å². The van der Waals surface area contributed by atoms with E-state index in [0.29, 0.717) is 12.5 Å². The van der Waals surface area contributed by atoms with E-state index >= 15 is 0 Å². The standard InChI is InChI=1S/C25H41NO5/c1-17(2)11-12-20-24(3,31-20)23-22(28-5)19(13-14-25(23)16-29-25)30-21(27)10-6-8-18-9-7-15-26(18)4/h11,18-20,22-23H,6-10,12-16H2,1-5H3/t18?,19-,20-,22-,23-,24-,25+/m1/s1. The zero-order valence-corrected chi connectivity index (χ0v) is 20.0. The van der Waals surface area contributed by atoms with Gasteiger partial charge in [-0.15, -0.1) is 0 Å². The minimum Gasteiger partial charge on any atom is -0.460 e. The Bertz CT molecular complexity index is 685. The Morgan fingerprint density at radius 3 is 2.68 bits per heavy atom. The maximum absolute atomic E-state index is 12.7. The van der Waals surface area contributed by atoms with E-state index in [1.165, 1.54) is 25.0 Å². The molecule has 3 aliphatic heterocycles. The van der Waals surface area contributed by atoms with E-state index in [9.17, 15) is 4.79 Å². The molecular formula is C25H41NO5. The third-order valence-electron chi connectivity index (χ3n) is 8.11. The molecule has 3 heterocycles. The van der Waals surface area contributed by atoms with Gasteiger partial charge in [0.15, 0.2) is 0 Å². The van der Waals surface area contributed by atoms with E-state index < -0.39 is 0 Å². The highest BCUT2D eigenvalue weighted by molar-refractivity contribution is 5.69. The number of epoxide rings is 2. The third kappa shape index (κ3) is 4.87. The van der Waals surface area contributed by atoms with Crippen LogP contribution in [-0.2, 0) is 23.7 Å². The minimum atomic E-state index is -0.290. The van der Waals surface area contributed by atoms with Gasteiger partial charge in [0, 0.05) is 19.6 Å². The number of esters is 1. The van der Waals surface area contributed by atoms with Crippen molar-refractivity contribution in [2.45, 2.75) is 108 Å². The van der Waals surface area contributed by atoms with Gasteiger partial charge in [0.05, 0.1) is 18.6 Å². The predicted octanol–water partition coefficient (Wildman–Crippen LogP) is 3.87. The quantitative estimate of drug-likeness (QED) is 0.311. The van der Waals surface area contributed by atoms with Crippen molar-refractivity contribution in [1.29, 1.82) is 0 Å². The summed E-state index contributed by atoms with van der Waals surface area (Å²) in [6.07, 6.45) is 9.55. The smallest absolute Gasteiger partial charge is 0.306 e. The Hall–Kier alpha value is -0.950. The normalized spacial score (nSPS) is 41.9. The Balaban J connectivity index is 1.34. The second-order valence-corrected chi connectivity index (χ2v) is 10.6. The van der Waals surface area contributed by atoms with Gasteiger partial charge in [-0.05, 0) is 79.3 Å². The number of ether oxygens (including phenoxy) is 4. The molecule has 4 fully saturated rings. The zero-order valence-electron chi connectivity index (χ0n) is 20.0. The zero-order chi connectivity index (χ0) is 22.2. The molecule has 0 aromatic heterocycles. The van der Waals surface area contributed by atoms with Crippen molar-refractivity contribution in [2.24, 2.45) is 5.92 Å². The Morgan fingerprint density at radius 2 is 2.06 bits per heavy atom. The highest BCUT2D eigenvalue weighted by Crippen LogP contribution is 2.59. The molecule has 0 aromatic rings. The van der Waals surface area contributed by atoms with Crippen LogP contribution in [0.5, 0.6) is 0 Å². The van der Waals surface area contributed by atoms with E-state index in [1.54, 1.807) is 7.11 Å². The van der Waals surface area contributed by atoms with Crippen molar-refractivity contribution >= 4 is 5.97 Å². The van der Waals surface area contributed by atoms with Gasteiger partial charge >= 0.3 is 5.97 Å². The first-order valence-corrected chi connectivity index (χ1v) is 12.2. The fourth-order valence-corrected chi connectivity index (χ4v) is 6.12. The number of hydrogen-bond acceptors (Lipinski definition) is 6. The number of hydrogen-bond donors (Lipinski definition) is 0. The van der Waals surface area contributed by atoms with Crippen molar-refractivity contribution in [1.82, 2.24) is 4.90 Å². The molecule has 7 atom stereocenters. The van der Waals surface area contributed by atoms with Crippen LogP contribution in [0.3, 0.4) is 0 Å². The molecule has 6 nitrogen and oxygen atoms in total. The molecule has 1 spiro atoms. The Labute approximate surface area is 187 Å². The summed E-state index contributed by atoms with van der Waals surface area (Å²) >= 11 is 0. The number of carbonyl (C=O) groups excluding carboxylic acids is 1. The van der Waals surface area contributed by atoms with Crippen LogP contribution in [0.1, 0.15) is 72.1 Å². The summed E-state index contributed by atoms with van der Waals surface area (Å²) in [7, 11) is 3.91. The Kier molecular flexibility index (Phi) is 6.83. The van der Waals surface area contributed by atoms with Crippen molar-refractivity contribution < 1.29 is 23.7 Å². The van der Waals surface area contributed by atoms with Crippen molar-refractivity contribution in [3.05, 3.63) is 11.6 Å². The summed E-state index contributed by atoms with van der Waals surface area (Å²) in [4.78, 5) is 15.1. The molecule has 0 radical (unpaired) electrons. The van der Waals surface area contributed by atoms with Crippen LogP contribution in [0.15, 0.2) is 11.6 Å². The lowest BCUT2D eigenvalue weighted by molar-refractivity contribution is -0.172. The molecular weight excluding hydrogens is 394 g/mol. The van der Waals surface area contributed by atoms with E-state index in [-0.39, 0.29) is 41.4 Å². The van der Waals surface area contributed by atoms with Gasteiger partial charge in [-0.3, -0.25) is 4.79 Å². The summed E-state index contributed by atoms with van der Waals surface area (Å²) in [5, 5.41) is 0. The molecule has 3 saturated heterocycles. The van der Waals surface area contributed by atoms with Gasteiger partial charge in [0.25, 0.3) is 0 Å². The lowest BCUT2D eigenvalue weighted by Gasteiger charge is -2.42. The number of rotatable bonds is 9. The summed E-state index contributed by atoms with van der Waals surface area (Å²) in [6, 6.07) is 0.621. The highest BCUT2D eigenvalue weighted by atomic mass is 16.6. The summed E-state index contributed by atoms with van der Waals surface area (Å²) in [5.74, 6) is -0.0127. The van der Waals surface area contributed by atoms with E-state index in [1.807, 2.05) is 0 Å². The monoisotopic (exact) mass is 435 g/mol. The first-order chi connectivity index (χ1) is 14.8. The van der Waals surface area contributed by atoms with Gasteiger partial charge in [0.2, 0.25) is 0 Å². The average Bonchev–Trinajstić information content (AvgIpc) is 3.59. The van der Waals surface area contributed by atoms with Gasteiger partial charge < -0.3 is 23.8 Å². The average molecular weight is 436 g/mol. The lowest BCUT2D eigenvalue weighted by atomic mass is 9.68. The molecule has 31 heavy (non-hydrogen) atoms. The fourth-order valence-electron chi connectivity index (χ4n) is 6.12. The molecule has 0 amide bonds. The molecule has 6 heteroatoms. The second kappa shape index (κ2) is 9.12. The Morgan fingerprint density at radius 1 is 1.29 bits per heavy atom. The van der Waals surface area contributed by atoms with Gasteiger partial charge in [-0.2, -0.15) is 0 Å². The summed E-state index contributed by atoms with van der Waals surface area (Å²) < 4.78 is 24.2. The fraction of sp³-hybridized carbons (Fsp3) is 0.880. The topological polar surface area (TPSA) is 63.8 Å². The van der Waals surface area contributed by atoms with Crippen LogP contribution in [-0.4, -0.2) is 73.7 Å². The molecule has 1 unspecified atom stereocenters. The number of carbonyl (C=O) groups is 1. The molecule has 0 bridgehead atoms. The number of likely N-dealkylation sites (tertiary alicyclic amines) is 1. The van der Waals surface area contributed by atoms with Crippen LogP contribution < -0.4 is 0 Å². The molecule has 4 rings (SSSR count). The van der Waals surface area contributed by atoms with Crippen LogP contribution in [0, 0.1) is 5.92 Å². The number of allylic oxidation sites excluding steroid dienone is 1. The molecule has 0 N–H and O–H groups in total. The molecule has 1 saturated carbocycles. The van der Waals surface area contributed by atoms with Crippen LogP contribution in [0.2, 0.25) is 0 Å². The van der Waals surface area contributed by atoms with Crippen molar-refractivity contribution in [3.8, 4) is 0 Å². The van der Waals surface area contributed by atoms with Gasteiger partial charge in [-0.25, -0.2) is 0 Å². The molecule has 0 aromatic carbocycles. The molecule has 4 aliphatic rings. The van der Waals surface area contributed by atoms with E-state index in [2.05, 4.69) is 38.8 Å². The molecule has 176 valence electrons. The highest BCUT2D eigenvalue weighted by Gasteiger charge is 2.72.